The molecule has 0 aromatic heterocycles. The van der Waals surface area contributed by atoms with Crippen LogP contribution in [0, 0.1) is 0 Å². The van der Waals surface area contributed by atoms with Crippen LogP contribution in [0.2, 0.25) is 5.02 Å². The molecular weight excluding hydrogens is 428 g/mol. The number of sulfonamides is 1. The van der Waals surface area contributed by atoms with Crippen molar-refractivity contribution in [1.82, 2.24) is 9.62 Å². The molecule has 0 radical (unpaired) electrons. The molecule has 0 spiro atoms. The summed E-state index contributed by atoms with van der Waals surface area (Å²) in [4.78, 5) is 2.05. The van der Waals surface area contributed by atoms with Gasteiger partial charge in [0.15, 0.2) is 0 Å². The highest BCUT2D eigenvalue weighted by Gasteiger charge is 2.45. The molecule has 164 valence electrons. The van der Waals surface area contributed by atoms with Crippen LogP contribution in [0.15, 0.2) is 59.5 Å². The molecule has 2 aromatic rings. The maximum atomic E-state index is 12.6. The number of hydrogen-bond acceptors (Lipinski definition) is 6. The zero-order valence-corrected chi connectivity index (χ0v) is 18.3. The second kappa shape index (κ2) is 10.2. The number of ether oxygens (including phenoxy) is 1. The van der Waals surface area contributed by atoms with E-state index in [9.17, 15) is 18.6 Å². The van der Waals surface area contributed by atoms with Crippen LogP contribution in [0.3, 0.4) is 0 Å². The molecule has 1 saturated heterocycles. The third-order valence-corrected chi connectivity index (χ3v) is 7.04. The molecular formula is C21H27ClN2O5S. The molecule has 0 amide bonds. The van der Waals surface area contributed by atoms with Crippen LogP contribution in [0.5, 0.6) is 0 Å². The Morgan fingerprint density at radius 2 is 1.77 bits per heavy atom. The Morgan fingerprint density at radius 3 is 2.40 bits per heavy atom. The molecule has 2 aromatic carbocycles. The first-order valence-electron chi connectivity index (χ1n) is 9.75. The van der Waals surface area contributed by atoms with E-state index in [2.05, 4.69) is 4.72 Å². The molecule has 1 fully saturated rings. The monoisotopic (exact) mass is 454 g/mol. The number of likely N-dealkylation sites (N-methyl/N-ethyl adjacent to an activating group) is 1. The number of nitrogens with one attached hydrogen (secondary N) is 1. The predicted molar refractivity (Wildman–Crippen MR) is 115 cm³/mol. The van der Waals surface area contributed by atoms with Gasteiger partial charge in [-0.15, -0.1) is 0 Å². The first kappa shape index (κ1) is 23.1. The molecule has 0 saturated carbocycles. The van der Waals surface area contributed by atoms with Crippen molar-refractivity contribution < 1.29 is 23.4 Å². The van der Waals surface area contributed by atoms with Crippen LogP contribution in [-0.2, 0) is 21.2 Å². The van der Waals surface area contributed by atoms with Crippen molar-refractivity contribution in [3.63, 3.8) is 0 Å². The van der Waals surface area contributed by atoms with Gasteiger partial charge in [-0.25, -0.2) is 13.1 Å². The molecule has 3 rings (SSSR count). The molecule has 1 aliphatic heterocycles. The van der Waals surface area contributed by atoms with Crippen LogP contribution in [0.1, 0.15) is 5.56 Å². The molecule has 0 bridgehead atoms. The quantitative estimate of drug-likeness (QED) is 0.528. The Hall–Kier alpha value is -1.52. The van der Waals surface area contributed by atoms with Gasteiger partial charge in [-0.2, -0.15) is 0 Å². The maximum Gasteiger partial charge on any atom is 0.240 e. The zero-order valence-electron chi connectivity index (χ0n) is 16.7. The normalized spacial score (nSPS) is 24.4. The fourth-order valence-corrected chi connectivity index (χ4v) is 4.85. The Morgan fingerprint density at radius 1 is 1.10 bits per heavy atom. The summed E-state index contributed by atoms with van der Waals surface area (Å²) in [5.41, 5.74) is 1.16. The van der Waals surface area contributed by atoms with Crippen LogP contribution in [-0.4, -0.2) is 74.6 Å². The second-order valence-corrected chi connectivity index (χ2v) is 9.60. The third-order valence-electron chi connectivity index (χ3n) is 5.34. The molecule has 9 heteroatoms. The maximum absolute atomic E-state index is 12.6. The Balaban J connectivity index is 1.67. The number of aliphatic hydroxyl groups is 2. The van der Waals surface area contributed by atoms with Gasteiger partial charge in [0.1, 0.15) is 12.2 Å². The van der Waals surface area contributed by atoms with E-state index in [1.165, 1.54) is 24.3 Å². The van der Waals surface area contributed by atoms with E-state index >= 15 is 0 Å². The van der Waals surface area contributed by atoms with Crippen molar-refractivity contribution in [1.29, 1.82) is 0 Å². The average molecular weight is 455 g/mol. The van der Waals surface area contributed by atoms with Crippen LogP contribution < -0.4 is 4.72 Å². The van der Waals surface area contributed by atoms with Gasteiger partial charge in [0.05, 0.1) is 23.6 Å². The molecule has 3 N–H and O–H groups in total. The summed E-state index contributed by atoms with van der Waals surface area (Å²) >= 11 is 5.83. The van der Waals surface area contributed by atoms with E-state index in [1.54, 1.807) is 0 Å². The van der Waals surface area contributed by atoms with Crippen LogP contribution in [0.25, 0.3) is 0 Å². The lowest BCUT2D eigenvalue weighted by Crippen LogP contribution is -2.50. The number of rotatable bonds is 9. The smallest absolute Gasteiger partial charge is 0.240 e. The summed E-state index contributed by atoms with van der Waals surface area (Å²) < 4.78 is 33.5. The first-order valence-corrected chi connectivity index (χ1v) is 11.6. The fourth-order valence-electron chi connectivity index (χ4n) is 3.68. The number of nitrogens with zero attached hydrogens (tertiary/aromatic N) is 1. The molecule has 7 nitrogen and oxygen atoms in total. The molecule has 0 unspecified atom stereocenters. The predicted octanol–water partition coefficient (Wildman–Crippen LogP) is 1.28. The van der Waals surface area contributed by atoms with Crippen molar-refractivity contribution >= 4 is 21.6 Å². The van der Waals surface area contributed by atoms with E-state index in [-0.39, 0.29) is 18.0 Å². The molecule has 1 heterocycles. The zero-order chi connectivity index (χ0) is 21.7. The molecule has 4 atom stereocenters. The number of aliphatic hydroxyl groups excluding tert-OH is 2. The molecule has 30 heavy (non-hydrogen) atoms. The minimum Gasteiger partial charge on any atom is -0.394 e. The summed E-state index contributed by atoms with van der Waals surface area (Å²) in [6.07, 6.45) is -1.53. The van der Waals surface area contributed by atoms with Gasteiger partial charge in [-0.3, -0.25) is 4.90 Å². The van der Waals surface area contributed by atoms with Crippen molar-refractivity contribution in [3.8, 4) is 0 Å². The number of halogens is 1. The highest BCUT2D eigenvalue weighted by Crippen LogP contribution is 2.25. The number of hydrogen-bond donors (Lipinski definition) is 3. The summed E-state index contributed by atoms with van der Waals surface area (Å²) in [5.74, 6) is 0. The minimum absolute atomic E-state index is 0.0289. The van der Waals surface area contributed by atoms with E-state index in [0.717, 1.165) is 12.0 Å². The Labute approximate surface area is 182 Å². The van der Waals surface area contributed by atoms with Gasteiger partial charge in [-0.1, -0.05) is 41.9 Å². The summed E-state index contributed by atoms with van der Waals surface area (Å²) in [5, 5.41) is 20.6. The van der Waals surface area contributed by atoms with Gasteiger partial charge < -0.3 is 14.9 Å². The van der Waals surface area contributed by atoms with Crippen molar-refractivity contribution in [3.05, 3.63) is 65.2 Å². The largest absolute Gasteiger partial charge is 0.394 e. The van der Waals surface area contributed by atoms with E-state index in [0.29, 0.717) is 11.6 Å². The number of benzene rings is 2. The van der Waals surface area contributed by atoms with Crippen LogP contribution in [0.4, 0.5) is 0 Å². The molecule has 0 aliphatic carbocycles. The van der Waals surface area contributed by atoms with Crippen molar-refractivity contribution in [2.24, 2.45) is 0 Å². The Kier molecular flexibility index (Phi) is 7.86. The van der Waals surface area contributed by atoms with Crippen LogP contribution >= 0.6 is 11.6 Å². The topological polar surface area (TPSA) is 99.1 Å². The van der Waals surface area contributed by atoms with Gasteiger partial charge in [0.2, 0.25) is 10.0 Å². The Bertz CT molecular complexity index is 911. The lowest BCUT2D eigenvalue weighted by atomic mass is 10.0. The van der Waals surface area contributed by atoms with Gasteiger partial charge in [0.25, 0.3) is 0 Å². The molecule has 1 aliphatic rings. The lowest BCUT2D eigenvalue weighted by molar-refractivity contribution is -0.0201. The highest BCUT2D eigenvalue weighted by molar-refractivity contribution is 7.89. The highest BCUT2D eigenvalue weighted by atomic mass is 35.5. The first-order chi connectivity index (χ1) is 14.3. The summed E-state index contributed by atoms with van der Waals surface area (Å²) in [7, 11) is -1.90. The van der Waals surface area contributed by atoms with Gasteiger partial charge in [-0.05, 0) is 43.3 Å². The second-order valence-electron chi connectivity index (χ2n) is 7.40. The SMILES string of the molecule is CN(CCc1ccccc1)[C@@H]1[C@H](O)[C@H](CO)O[C@@H]1CNS(=O)(=O)c1ccc(Cl)cc1. The standard InChI is InChI=1S/C21H27ClN2O5S/c1-24(12-11-15-5-3-2-4-6-15)20-18(29-19(14-25)21(20)26)13-23-30(27,28)17-9-7-16(22)8-10-17/h2-10,18-21,23,25-26H,11-14H2,1H3/t18-,19+,20+,21-/m1/s1. The minimum atomic E-state index is -3.76. The fraction of sp³-hybridized carbons (Fsp3) is 0.429. The van der Waals surface area contributed by atoms with Crippen molar-refractivity contribution in [2.45, 2.75) is 35.7 Å². The summed E-state index contributed by atoms with van der Waals surface area (Å²) in [6.45, 7) is 0.275. The van der Waals surface area contributed by atoms with E-state index in [1.807, 2.05) is 42.3 Å². The van der Waals surface area contributed by atoms with Gasteiger partial charge >= 0.3 is 0 Å². The van der Waals surface area contributed by atoms with Crippen molar-refractivity contribution in [2.75, 3.05) is 26.7 Å². The van der Waals surface area contributed by atoms with Gasteiger partial charge in [0, 0.05) is 18.1 Å². The summed E-state index contributed by atoms with van der Waals surface area (Å²) in [6, 6.07) is 15.4. The van der Waals surface area contributed by atoms with E-state index in [4.69, 9.17) is 16.3 Å². The lowest BCUT2D eigenvalue weighted by Gasteiger charge is -2.30. The average Bonchev–Trinajstić information content (AvgIpc) is 3.07. The third kappa shape index (κ3) is 5.59. The van der Waals surface area contributed by atoms with E-state index < -0.39 is 34.4 Å².